The summed E-state index contributed by atoms with van der Waals surface area (Å²) >= 11 is 5.80. The van der Waals surface area contributed by atoms with Gasteiger partial charge in [-0.1, -0.05) is 17.7 Å². The van der Waals surface area contributed by atoms with Crippen molar-refractivity contribution in [2.24, 2.45) is 16.9 Å². The third-order valence-corrected chi connectivity index (χ3v) is 4.48. The molecule has 0 bridgehead atoms. The van der Waals surface area contributed by atoms with E-state index in [-0.39, 0.29) is 11.3 Å². The van der Waals surface area contributed by atoms with Gasteiger partial charge in [-0.15, -0.1) is 0 Å². The number of anilines is 1. The van der Waals surface area contributed by atoms with Crippen molar-refractivity contribution in [2.45, 2.75) is 13.1 Å². The smallest absolute Gasteiger partial charge is 0.321 e. The standard InChI is InChI=1S/C20H17ClF3N5O4/c1-10(16(30)11-5-7-13(21)8-6-11)15(28-29-19(33)18(32)27-25)17(31)26-14-4-2-3-12(9-14)20(22,23)24/h2-10H,25H2,1H3,(H,26,31)(H,27,32)(H,29,33)/b28-15+/t10-/m0/s1. The molecule has 1 atom stereocenters. The number of halogens is 4. The van der Waals surface area contributed by atoms with Crippen molar-refractivity contribution < 1.29 is 32.3 Å². The topological polar surface area (TPSA) is 143 Å². The third-order valence-electron chi connectivity index (χ3n) is 4.23. The number of alkyl halides is 3. The summed E-state index contributed by atoms with van der Waals surface area (Å²) in [5.74, 6) is -0.756. The summed E-state index contributed by atoms with van der Waals surface area (Å²) in [5.41, 5.74) is 1.65. The fourth-order valence-electron chi connectivity index (χ4n) is 2.53. The lowest BCUT2D eigenvalue weighted by molar-refractivity contribution is -0.139. The second-order valence-electron chi connectivity index (χ2n) is 6.54. The molecule has 3 amide bonds. The Labute approximate surface area is 190 Å². The second kappa shape index (κ2) is 10.7. The molecule has 0 spiro atoms. The van der Waals surface area contributed by atoms with Crippen LogP contribution in [-0.2, 0) is 20.6 Å². The summed E-state index contributed by atoms with van der Waals surface area (Å²) < 4.78 is 38.8. The molecule has 2 aromatic carbocycles. The van der Waals surface area contributed by atoms with Crippen LogP contribution in [0.3, 0.4) is 0 Å². The highest BCUT2D eigenvalue weighted by Crippen LogP contribution is 2.30. The predicted octanol–water partition coefficient (Wildman–Crippen LogP) is 2.28. The van der Waals surface area contributed by atoms with Crippen molar-refractivity contribution in [2.75, 3.05) is 5.32 Å². The van der Waals surface area contributed by atoms with Crippen LogP contribution in [0.15, 0.2) is 53.6 Å². The van der Waals surface area contributed by atoms with E-state index in [0.717, 1.165) is 12.1 Å². The Morgan fingerprint density at radius 2 is 1.64 bits per heavy atom. The number of hydrogen-bond acceptors (Lipinski definition) is 6. The number of hydrazone groups is 1. The number of hydrogen-bond donors (Lipinski definition) is 4. The van der Waals surface area contributed by atoms with Crippen molar-refractivity contribution in [1.82, 2.24) is 10.9 Å². The Bertz CT molecular complexity index is 1100. The lowest BCUT2D eigenvalue weighted by Crippen LogP contribution is -2.43. The minimum atomic E-state index is -4.65. The molecule has 2 rings (SSSR count). The number of hydrazine groups is 1. The van der Waals surface area contributed by atoms with E-state index in [0.29, 0.717) is 11.1 Å². The van der Waals surface area contributed by atoms with Crippen molar-refractivity contribution in [3.8, 4) is 0 Å². The molecule has 13 heteroatoms. The zero-order valence-corrected chi connectivity index (χ0v) is 17.6. The molecule has 0 saturated heterocycles. The summed E-state index contributed by atoms with van der Waals surface area (Å²) in [5, 5.41) is 6.10. The number of carbonyl (C=O) groups is 4. The van der Waals surface area contributed by atoms with Gasteiger partial charge in [0.05, 0.1) is 11.5 Å². The van der Waals surface area contributed by atoms with Crippen LogP contribution in [0.5, 0.6) is 0 Å². The van der Waals surface area contributed by atoms with Gasteiger partial charge in [0.15, 0.2) is 5.78 Å². The van der Waals surface area contributed by atoms with Gasteiger partial charge in [0.1, 0.15) is 5.71 Å². The number of nitrogens with zero attached hydrogens (tertiary/aromatic N) is 1. The van der Waals surface area contributed by atoms with Gasteiger partial charge in [0.25, 0.3) is 5.91 Å². The largest absolute Gasteiger partial charge is 0.416 e. The minimum absolute atomic E-state index is 0.150. The first-order valence-electron chi connectivity index (χ1n) is 9.11. The first kappa shape index (κ1) is 25.5. The van der Waals surface area contributed by atoms with Crippen LogP contribution in [0.25, 0.3) is 0 Å². The number of nitrogens with two attached hydrogens (primary N) is 1. The van der Waals surface area contributed by atoms with Crippen molar-refractivity contribution in [1.29, 1.82) is 0 Å². The minimum Gasteiger partial charge on any atom is -0.321 e. The van der Waals surface area contributed by atoms with Crippen LogP contribution >= 0.6 is 11.6 Å². The molecular formula is C20H17ClF3N5O4. The van der Waals surface area contributed by atoms with Crippen molar-refractivity contribution >= 4 is 46.5 Å². The molecule has 9 nitrogen and oxygen atoms in total. The molecule has 0 aromatic heterocycles. The number of ketones is 1. The summed E-state index contributed by atoms with van der Waals surface area (Å²) in [6.07, 6.45) is -4.65. The monoisotopic (exact) mass is 483 g/mol. The van der Waals surface area contributed by atoms with E-state index in [1.165, 1.54) is 37.3 Å². The Hall–Kier alpha value is -3.77. The maximum atomic E-state index is 12.9. The molecule has 0 unspecified atom stereocenters. The summed E-state index contributed by atoms with van der Waals surface area (Å²) in [6, 6.07) is 9.42. The van der Waals surface area contributed by atoms with Crippen LogP contribution in [0.4, 0.5) is 18.9 Å². The number of benzene rings is 2. The van der Waals surface area contributed by atoms with Crippen LogP contribution in [0.1, 0.15) is 22.8 Å². The molecular weight excluding hydrogens is 467 g/mol. The van der Waals surface area contributed by atoms with E-state index in [4.69, 9.17) is 17.4 Å². The zero-order chi connectivity index (χ0) is 24.8. The first-order chi connectivity index (χ1) is 15.4. The van der Waals surface area contributed by atoms with Crippen LogP contribution in [-0.4, -0.2) is 29.2 Å². The van der Waals surface area contributed by atoms with Gasteiger partial charge in [-0.05, 0) is 49.4 Å². The fourth-order valence-corrected chi connectivity index (χ4v) is 2.65. The summed E-state index contributed by atoms with van der Waals surface area (Å²) in [4.78, 5) is 48.5. The molecule has 2 aromatic rings. The molecule has 174 valence electrons. The highest BCUT2D eigenvalue weighted by atomic mass is 35.5. The number of rotatable bonds is 6. The average molecular weight is 484 g/mol. The number of carbonyl (C=O) groups excluding carboxylic acids is 4. The molecule has 0 aliphatic heterocycles. The highest BCUT2D eigenvalue weighted by Gasteiger charge is 2.31. The maximum Gasteiger partial charge on any atom is 0.416 e. The molecule has 0 aliphatic carbocycles. The van der Waals surface area contributed by atoms with Gasteiger partial charge in [-0.25, -0.2) is 11.3 Å². The summed E-state index contributed by atoms with van der Waals surface area (Å²) in [6.45, 7) is 1.29. The van der Waals surface area contributed by atoms with E-state index >= 15 is 0 Å². The van der Waals surface area contributed by atoms with Gasteiger partial charge in [-0.3, -0.25) is 24.6 Å². The van der Waals surface area contributed by atoms with Gasteiger partial charge < -0.3 is 5.32 Å². The van der Waals surface area contributed by atoms with Crippen molar-refractivity contribution in [3.05, 3.63) is 64.7 Å². The fraction of sp³-hybridized carbons (Fsp3) is 0.150. The Balaban J connectivity index is 2.36. The maximum absolute atomic E-state index is 12.9. The molecule has 0 fully saturated rings. The zero-order valence-electron chi connectivity index (χ0n) is 16.9. The van der Waals surface area contributed by atoms with Crippen LogP contribution in [0, 0.1) is 5.92 Å². The molecule has 0 aliphatic rings. The number of Topliss-reactive ketones (excluding diaryl/α,β-unsaturated/α-hetero) is 1. The molecule has 0 heterocycles. The molecule has 5 N–H and O–H groups in total. The van der Waals surface area contributed by atoms with E-state index in [9.17, 15) is 32.3 Å². The molecule has 33 heavy (non-hydrogen) atoms. The highest BCUT2D eigenvalue weighted by molar-refractivity contribution is 6.47. The summed E-state index contributed by atoms with van der Waals surface area (Å²) in [7, 11) is 0. The van der Waals surface area contributed by atoms with Crippen LogP contribution < -0.4 is 22.0 Å². The van der Waals surface area contributed by atoms with Crippen LogP contribution in [0.2, 0.25) is 5.02 Å². The van der Waals surface area contributed by atoms with E-state index in [1.807, 2.05) is 0 Å². The van der Waals surface area contributed by atoms with E-state index in [1.54, 1.807) is 10.9 Å². The van der Waals surface area contributed by atoms with Gasteiger partial charge in [0, 0.05) is 16.3 Å². The first-order valence-corrected chi connectivity index (χ1v) is 9.48. The SMILES string of the molecule is C[C@H](C(=O)c1ccc(Cl)cc1)/C(=N\NC(=O)C(=O)NN)C(=O)Nc1cccc(C(F)(F)F)c1. The molecule has 0 radical (unpaired) electrons. The average Bonchev–Trinajstić information content (AvgIpc) is 2.77. The Kier molecular flexibility index (Phi) is 8.26. The Morgan fingerprint density at radius 3 is 2.21 bits per heavy atom. The third kappa shape index (κ3) is 6.85. The lowest BCUT2D eigenvalue weighted by atomic mass is 9.94. The predicted molar refractivity (Wildman–Crippen MR) is 113 cm³/mol. The second-order valence-corrected chi connectivity index (χ2v) is 6.97. The lowest BCUT2D eigenvalue weighted by Gasteiger charge is -2.15. The van der Waals surface area contributed by atoms with E-state index < -0.39 is 46.9 Å². The Morgan fingerprint density at radius 1 is 1.00 bits per heavy atom. The van der Waals surface area contributed by atoms with Gasteiger partial charge in [0.2, 0.25) is 0 Å². The number of nitrogens with one attached hydrogen (secondary N) is 3. The van der Waals surface area contributed by atoms with E-state index in [2.05, 4.69) is 10.4 Å². The quantitative estimate of drug-likeness (QED) is 0.124. The molecule has 0 saturated carbocycles. The van der Waals surface area contributed by atoms with Gasteiger partial charge >= 0.3 is 18.0 Å². The van der Waals surface area contributed by atoms with Gasteiger partial charge in [-0.2, -0.15) is 18.3 Å². The number of amides is 3. The normalized spacial score (nSPS) is 12.5. The van der Waals surface area contributed by atoms with Crippen molar-refractivity contribution in [3.63, 3.8) is 0 Å².